The first-order valence-electron chi connectivity index (χ1n) is 9.47. The highest BCUT2D eigenvalue weighted by atomic mass is 16.5. The molecule has 1 unspecified atom stereocenters. The van der Waals surface area contributed by atoms with Crippen LogP contribution in [0, 0.1) is 0 Å². The van der Waals surface area contributed by atoms with E-state index in [0.29, 0.717) is 5.56 Å². The minimum absolute atomic E-state index is 0.134. The molecule has 1 aliphatic carbocycles. The van der Waals surface area contributed by atoms with Crippen molar-refractivity contribution in [3.05, 3.63) is 54.7 Å². The molecule has 1 aromatic carbocycles. The van der Waals surface area contributed by atoms with Crippen LogP contribution in [-0.4, -0.2) is 46.0 Å². The van der Waals surface area contributed by atoms with Crippen LogP contribution in [0.15, 0.2) is 49.2 Å². The Balaban J connectivity index is 1.89. The van der Waals surface area contributed by atoms with Crippen molar-refractivity contribution < 1.29 is 19.4 Å². The van der Waals surface area contributed by atoms with Gasteiger partial charge in [-0.25, -0.2) is 4.79 Å². The van der Waals surface area contributed by atoms with Crippen LogP contribution in [0.1, 0.15) is 42.1 Å². The van der Waals surface area contributed by atoms with E-state index in [1.807, 2.05) is 35.0 Å². The molecule has 28 heavy (non-hydrogen) atoms. The summed E-state index contributed by atoms with van der Waals surface area (Å²) in [6.07, 6.45) is 7.38. The lowest BCUT2D eigenvalue weighted by Crippen LogP contribution is -2.44. The number of amides is 1. The standard InChI is InChI=1S/C21H25N3O4/c1-2-12-28-14-18(21(26)27)23-20(25)17-13-22-24(16-10-6-7-11-16)19(17)15-8-4-3-5-9-15/h2-5,8-9,13,16,18H,1,6-7,10-12,14H2,(H,23,25)(H,26,27). The molecule has 148 valence electrons. The van der Waals surface area contributed by atoms with Gasteiger partial charge in [0.15, 0.2) is 6.04 Å². The Kier molecular flexibility index (Phi) is 6.60. The predicted molar refractivity (Wildman–Crippen MR) is 105 cm³/mol. The Labute approximate surface area is 164 Å². The molecule has 2 N–H and O–H groups in total. The summed E-state index contributed by atoms with van der Waals surface area (Å²) in [7, 11) is 0. The van der Waals surface area contributed by atoms with Gasteiger partial charge < -0.3 is 15.2 Å². The van der Waals surface area contributed by atoms with E-state index < -0.39 is 17.9 Å². The number of nitrogens with zero attached hydrogens (tertiary/aromatic N) is 2. The second-order valence-electron chi connectivity index (χ2n) is 6.85. The van der Waals surface area contributed by atoms with Gasteiger partial charge in [-0.05, 0) is 12.8 Å². The van der Waals surface area contributed by atoms with Gasteiger partial charge in [-0.1, -0.05) is 49.2 Å². The number of ether oxygens (including phenoxy) is 1. The minimum Gasteiger partial charge on any atom is -0.480 e. The van der Waals surface area contributed by atoms with Crippen LogP contribution >= 0.6 is 0 Å². The number of hydrogen-bond acceptors (Lipinski definition) is 4. The van der Waals surface area contributed by atoms with Gasteiger partial charge in [0.25, 0.3) is 5.91 Å². The number of aliphatic carboxylic acids is 1. The van der Waals surface area contributed by atoms with Gasteiger partial charge in [-0.2, -0.15) is 5.10 Å². The van der Waals surface area contributed by atoms with Gasteiger partial charge >= 0.3 is 5.97 Å². The first-order chi connectivity index (χ1) is 13.6. The van der Waals surface area contributed by atoms with Gasteiger partial charge in [0, 0.05) is 5.56 Å². The first-order valence-corrected chi connectivity index (χ1v) is 9.47. The van der Waals surface area contributed by atoms with Crippen molar-refractivity contribution in [3.63, 3.8) is 0 Å². The molecule has 0 bridgehead atoms. The maximum absolute atomic E-state index is 12.9. The number of carboxylic acids is 1. The van der Waals surface area contributed by atoms with E-state index in [2.05, 4.69) is 17.0 Å². The number of benzene rings is 1. The zero-order valence-electron chi connectivity index (χ0n) is 15.7. The largest absolute Gasteiger partial charge is 0.480 e. The average molecular weight is 383 g/mol. The lowest BCUT2D eigenvalue weighted by Gasteiger charge is -2.17. The maximum atomic E-state index is 12.9. The summed E-state index contributed by atoms with van der Waals surface area (Å²) in [6.45, 7) is 3.61. The van der Waals surface area contributed by atoms with E-state index in [9.17, 15) is 14.7 Å². The van der Waals surface area contributed by atoms with Crippen molar-refractivity contribution in [2.45, 2.75) is 37.8 Å². The lowest BCUT2D eigenvalue weighted by atomic mass is 10.1. The summed E-state index contributed by atoms with van der Waals surface area (Å²) in [5.41, 5.74) is 1.97. The highest BCUT2D eigenvalue weighted by Crippen LogP contribution is 2.34. The van der Waals surface area contributed by atoms with E-state index in [1.165, 1.54) is 12.3 Å². The van der Waals surface area contributed by atoms with Crippen LogP contribution in [-0.2, 0) is 9.53 Å². The molecule has 1 aromatic heterocycles. The molecule has 7 nitrogen and oxygen atoms in total. The minimum atomic E-state index is -1.15. The van der Waals surface area contributed by atoms with Crippen molar-refractivity contribution in [1.82, 2.24) is 15.1 Å². The average Bonchev–Trinajstić information content (AvgIpc) is 3.37. The molecule has 1 heterocycles. The third-order valence-corrected chi connectivity index (χ3v) is 4.88. The Morgan fingerprint density at radius 2 is 2.04 bits per heavy atom. The van der Waals surface area contributed by atoms with E-state index in [0.717, 1.165) is 36.9 Å². The highest BCUT2D eigenvalue weighted by molar-refractivity contribution is 6.01. The van der Waals surface area contributed by atoms with E-state index in [1.54, 1.807) is 0 Å². The molecule has 1 aliphatic rings. The first kappa shape index (κ1) is 19.8. The molecular formula is C21H25N3O4. The maximum Gasteiger partial charge on any atom is 0.328 e. The molecule has 1 amide bonds. The Morgan fingerprint density at radius 1 is 1.32 bits per heavy atom. The lowest BCUT2D eigenvalue weighted by molar-refractivity contribution is -0.140. The monoisotopic (exact) mass is 383 g/mol. The van der Waals surface area contributed by atoms with Gasteiger partial charge in [-0.3, -0.25) is 9.48 Å². The summed E-state index contributed by atoms with van der Waals surface area (Å²) >= 11 is 0. The Morgan fingerprint density at radius 3 is 2.68 bits per heavy atom. The van der Waals surface area contributed by atoms with E-state index in [-0.39, 0.29) is 19.3 Å². The van der Waals surface area contributed by atoms with Crippen LogP contribution in [0.3, 0.4) is 0 Å². The van der Waals surface area contributed by atoms with Crippen LogP contribution in [0.2, 0.25) is 0 Å². The number of carbonyl (C=O) groups is 2. The van der Waals surface area contributed by atoms with Crippen LogP contribution in [0.25, 0.3) is 11.3 Å². The smallest absolute Gasteiger partial charge is 0.328 e. The van der Waals surface area contributed by atoms with Crippen molar-refractivity contribution in [2.24, 2.45) is 0 Å². The molecule has 0 spiro atoms. The molecule has 0 saturated heterocycles. The number of carboxylic acid groups (broad SMARTS) is 1. The highest BCUT2D eigenvalue weighted by Gasteiger charge is 2.28. The SMILES string of the molecule is C=CCOCC(NC(=O)c1cnn(C2CCCC2)c1-c1ccccc1)C(=O)O. The fraction of sp³-hybridized carbons (Fsp3) is 0.381. The number of nitrogens with one attached hydrogen (secondary N) is 1. The molecule has 1 atom stereocenters. The van der Waals surface area contributed by atoms with Crippen LogP contribution in [0.5, 0.6) is 0 Å². The molecule has 0 aliphatic heterocycles. The van der Waals surface area contributed by atoms with Crippen molar-refractivity contribution in [3.8, 4) is 11.3 Å². The third-order valence-electron chi connectivity index (χ3n) is 4.88. The van der Waals surface area contributed by atoms with Gasteiger partial charge in [0.05, 0.1) is 36.7 Å². The normalized spacial score (nSPS) is 15.3. The molecule has 7 heteroatoms. The zero-order chi connectivity index (χ0) is 19.9. The third kappa shape index (κ3) is 4.48. The van der Waals surface area contributed by atoms with Crippen molar-refractivity contribution in [2.75, 3.05) is 13.2 Å². The summed E-state index contributed by atoms with van der Waals surface area (Å²) in [5.74, 6) is -1.63. The quantitative estimate of drug-likeness (QED) is 0.513. The van der Waals surface area contributed by atoms with E-state index >= 15 is 0 Å². The second-order valence-corrected chi connectivity index (χ2v) is 6.85. The summed E-state index contributed by atoms with van der Waals surface area (Å²) in [5, 5.41) is 16.4. The zero-order valence-corrected chi connectivity index (χ0v) is 15.7. The second kappa shape index (κ2) is 9.32. The molecule has 0 radical (unpaired) electrons. The van der Waals surface area contributed by atoms with Gasteiger partial charge in [0.1, 0.15) is 0 Å². The summed E-state index contributed by atoms with van der Waals surface area (Å²) < 4.78 is 7.13. The molecule has 3 rings (SSSR count). The number of carbonyl (C=O) groups excluding carboxylic acids is 1. The Bertz CT molecular complexity index is 825. The van der Waals surface area contributed by atoms with Crippen molar-refractivity contribution >= 4 is 11.9 Å². The molecule has 2 aromatic rings. The topological polar surface area (TPSA) is 93.5 Å². The fourth-order valence-electron chi connectivity index (χ4n) is 3.52. The van der Waals surface area contributed by atoms with Crippen LogP contribution in [0.4, 0.5) is 0 Å². The Hall–Kier alpha value is -2.93. The number of hydrogen-bond donors (Lipinski definition) is 2. The fourth-order valence-corrected chi connectivity index (χ4v) is 3.52. The summed E-state index contributed by atoms with van der Waals surface area (Å²) in [6, 6.07) is 8.70. The molecular weight excluding hydrogens is 358 g/mol. The van der Waals surface area contributed by atoms with Crippen LogP contribution < -0.4 is 5.32 Å². The predicted octanol–water partition coefficient (Wildman–Crippen LogP) is 3.05. The van der Waals surface area contributed by atoms with Gasteiger partial charge in [-0.15, -0.1) is 6.58 Å². The van der Waals surface area contributed by atoms with E-state index in [4.69, 9.17) is 4.74 Å². The van der Waals surface area contributed by atoms with Crippen molar-refractivity contribution in [1.29, 1.82) is 0 Å². The summed E-state index contributed by atoms with van der Waals surface area (Å²) in [4.78, 5) is 24.4. The molecule has 1 saturated carbocycles. The van der Waals surface area contributed by atoms with Gasteiger partial charge in [0.2, 0.25) is 0 Å². The number of aromatic nitrogens is 2. The molecule has 1 fully saturated rings. The number of rotatable bonds is 9.